The zero-order valence-electron chi connectivity index (χ0n) is 4.59. The number of benzene rings is 1. The fraction of sp³-hybridized carbons (Fsp3) is 0.143. The van der Waals surface area contributed by atoms with E-state index in [9.17, 15) is 0 Å². The van der Waals surface area contributed by atoms with Crippen molar-refractivity contribution in [1.29, 1.82) is 0 Å². The summed E-state index contributed by atoms with van der Waals surface area (Å²) in [6, 6.07) is 10.7. The first-order valence-electron chi connectivity index (χ1n) is 2.59. The van der Waals surface area contributed by atoms with Crippen molar-refractivity contribution in [3.63, 3.8) is 0 Å². The van der Waals surface area contributed by atoms with Crippen LogP contribution in [0.5, 0.6) is 0 Å². The Hall–Kier alpha value is -0.223. The van der Waals surface area contributed by atoms with Gasteiger partial charge in [0.15, 0.2) is 0 Å². The summed E-state index contributed by atoms with van der Waals surface area (Å²) in [6.07, 6.45) is 0. The van der Waals surface area contributed by atoms with Crippen LogP contribution < -0.4 is 5.73 Å². The molecule has 0 aliphatic carbocycles. The topological polar surface area (TPSA) is 26.0 Å². The van der Waals surface area contributed by atoms with Crippen molar-refractivity contribution in [3.05, 3.63) is 35.9 Å². The molecule has 2 N–H and O–H groups in total. The van der Waals surface area contributed by atoms with Crippen LogP contribution in [0.25, 0.3) is 0 Å². The van der Waals surface area contributed by atoms with Gasteiger partial charge in [-0.05, 0) is 11.6 Å². The third kappa shape index (κ3) is 2.72. The quantitative estimate of drug-likeness (QED) is 0.522. The van der Waals surface area contributed by atoms with Crippen LogP contribution in [-0.4, -0.2) is 18.9 Å². The van der Waals surface area contributed by atoms with Gasteiger partial charge in [0, 0.05) is 6.54 Å². The van der Waals surface area contributed by atoms with Crippen molar-refractivity contribution in [3.8, 4) is 0 Å². The first kappa shape index (κ1) is 8.78. The third-order valence-corrected chi connectivity index (χ3v) is 0.993. The first-order valence-corrected chi connectivity index (χ1v) is 2.59. The molecule has 43 valence electrons. The molecule has 1 radical (unpaired) electrons. The maximum absolute atomic E-state index is 5.32. The number of rotatable bonds is 1. The van der Waals surface area contributed by atoms with Crippen molar-refractivity contribution < 1.29 is 0 Å². The molecule has 0 amide bonds. The van der Waals surface area contributed by atoms with Crippen molar-refractivity contribution in [2.24, 2.45) is 5.73 Å². The summed E-state index contributed by atoms with van der Waals surface area (Å²) in [5, 5.41) is 0. The summed E-state index contributed by atoms with van der Waals surface area (Å²) in [6.45, 7) is 0.584. The van der Waals surface area contributed by atoms with E-state index in [1.54, 1.807) is 0 Å². The molecule has 0 saturated heterocycles. The van der Waals surface area contributed by atoms with Gasteiger partial charge in [-0.25, -0.2) is 0 Å². The predicted molar refractivity (Wildman–Crippen MR) is 40.3 cm³/mol. The molecular formula is C7H9LiN. The summed E-state index contributed by atoms with van der Waals surface area (Å²) in [5.74, 6) is 0. The van der Waals surface area contributed by atoms with Gasteiger partial charge in [0.2, 0.25) is 0 Å². The van der Waals surface area contributed by atoms with Gasteiger partial charge < -0.3 is 5.73 Å². The number of hydrogen-bond acceptors (Lipinski definition) is 1. The van der Waals surface area contributed by atoms with Gasteiger partial charge in [0.05, 0.1) is 0 Å². The SMILES string of the molecule is NCc1[c]cccc1.[LiH]. The summed E-state index contributed by atoms with van der Waals surface area (Å²) in [7, 11) is 0. The van der Waals surface area contributed by atoms with E-state index in [-0.39, 0.29) is 18.9 Å². The van der Waals surface area contributed by atoms with Crippen LogP contribution in [0.15, 0.2) is 24.3 Å². The van der Waals surface area contributed by atoms with Crippen LogP contribution in [0.3, 0.4) is 0 Å². The molecule has 0 aromatic heterocycles. The Balaban J connectivity index is 0.000000640. The summed E-state index contributed by atoms with van der Waals surface area (Å²) in [4.78, 5) is 0. The third-order valence-electron chi connectivity index (χ3n) is 0.993. The fourth-order valence-corrected chi connectivity index (χ4v) is 0.557. The second-order valence-corrected chi connectivity index (χ2v) is 1.59. The predicted octanol–water partition coefficient (Wildman–Crippen LogP) is 0.297. The minimum absolute atomic E-state index is 0. The van der Waals surface area contributed by atoms with Crippen LogP contribution in [0.1, 0.15) is 5.56 Å². The van der Waals surface area contributed by atoms with Gasteiger partial charge in [-0.2, -0.15) is 0 Å². The molecule has 1 nitrogen and oxygen atoms in total. The molecule has 0 aliphatic heterocycles. The van der Waals surface area contributed by atoms with E-state index in [2.05, 4.69) is 6.07 Å². The zero-order valence-corrected chi connectivity index (χ0v) is 4.59. The van der Waals surface area contributed by atoms with Gasteiger partial charge in [-0.1, -0.05) is 24.3 Å². The maximum atomic E-state index is 5.32. The molecule has 1 aromatic carbocycles. The molecule has 0 heterocycles. The van der Waals surface area contributed by atoms with Crippen LogP contribution >= 0.6 is 0 Å². The molecule has 9 heavy (non-hydrogen) atoms. The summed E-state index contributed by atoms with van der Waals surface area (Å²) < 4.78 is 0. The van der Waals surface area contributed by atoms with Crippen molar-refractivity contribution in [2.45, 2.75) is 6.54 Å². The van der Waals surface area contributed by atoms with Crippen molar-refractivity contribution in [1.82, 2.24) is 0 Å². The normalized spacial score (nSPS) is 8.11. The summed E-state index contributed by atoms with van der Waals surface area (Å²) in [5.41, 5.74) is 6.38. The van der Waals surface area contributed by atoms with E-state index < -0.39 is 0 Å². The molecule has 0 aliphatic rings. The molecule has 0 fully saturated rings. The zero-order chi connectivity index (χ0) is 5.82. The van der Waals surface area contributed by atoms with Gasteiger partial charge in [0.1, 0.15) is 0 Å². The monoisotopic (exact) mass is 114 g/mol. The van der Waals surface area contributed by atoms with Crippen LogP contribution in [0, 0.1) is 6.07 Å². The Kier molecular flexibility index (Phi) is 4.52. The average Bonchev–Trinajstić information content (AvgIpc) is 1.90. The number of hydrogen-bond donors (Lipinski definition) is 1. The molecule has 1 aromatic rings. The molecule has 2 heteroatoms. The molecule has 0 unspecified atom stereocenters. The Morgan fingerprint density at radius 2 is 2.22 bits per heavy atom. The van der Waals surface area contributed by atoms with Gasteiger partial charge in [-0.15, -0.1) is 0 Å². The van der Waals surface area contributed by atoms with Crippen LogP contribution in [0.4, 0.5) is 0 Å². The molecule has 0 atom stereocenters. The minimum atomic E-state index is 0. The molecular weight excluding hydrogens is 105 g/mol. The van der Waals surface area contributed by atoms with E-state index in [0.29, 0.717) is 6.54 Å². The Morgan fingerprint density at radius 1 is 1.44 bits per heavy atom. The standard InChI is InChI=1S/C7H8N.Li.H/c8-6-7-4-2-1-3-5-7;;/h1-4H,6,8H2;;. The van der Waals surface area contributed by atoms with Crippen molar-refractivity contribution in [2.75, 3.05) is 0 Å². The van der Waals surface area contributed by atoms with E-state index in [1.807, 2.05) is 24.3 Å². The molecule has 1 rings (SSSR count). The molecule has 0 saturated carbocycles. The number of nitrogens with two attached hydrogens (primary N) is 1. The summed E-state index contributed by atoms with van der Waals surface area (Å²) >= 11 is 0. The van der Waals surface area contributed by atoms with Crippen LogP contribution in [-0.2, 0) is 6.54 Å². The first-order chi connectivity index (χ1) is 3.93. The average molecular weight is 114 g/mol. The van der Waals surface area contributed by atoms with Gasteiger partial charge in [-0.3, -0.25) is 0 Å². The Labute approximate surface area is 67.4 Å². The Bertz CT molecular complexity index is 150. The van der Waals surface area contributed by atoms with Gasteiger partial charge in [0.25, 0.3) is 0 Å². The van der Waals surface area contributed by atoms with Gasteiger partial charge >= 0.3 is 18.9 Å². The Morgan fingerprint density at radius 3 is 2.56 bits per heavy atom. The van der Waals surface area contributed by atoms with E-state index in [1.165, 1.54) is 0 Å². The van der Waals surface area contributed by atoms with Crippen molar-refractivity contribution >= 4 is 18.9 Å². The van der Waals surface area contributed by atoms with E-state index >= 15 is 0 Å². The second kappa shape index (κ2) is 4.64. The van der Waals surface area contributed by atoms with Crippen LogP contribution in [0.2, 0.25) is 0 Å². The molecule has 0 bridgehead atoms. The van der Waals surface area contributed by atoms with E-state index in [0.717, 1.165) is 5.56 Å². The molecule has 0 spiro atoms. The fourth-order valence-electron chi connectivity index (χ4n) is 0.557. The second-order valence-electron chi connectivity index (χ2n) is 1.59. The van der Waals surface area contributed by atoms with E-state index in [4.69, 9.17) is 5.73 Å².